The van der Waals surface area contributed by atoms with Gasteiger partial charge in [-0.25, -0.2) is 4.98 Å². The summed E-state index contributed by atoms with van der Waals surface area (Å²) in [4.78, 5) is 17.3. The lowest BCUT2D eigenvalue weighted by atomic mass is 10.2. The van der Waals surface area contributed by atoms with E-state index >= 15 is 0 Å². The summed E-state index contributed by atoms with van der Waals surface area (Å²) in [6.45, 7) is 6.17. The monoisotopic (exact) mass is 289 g/mol. The molecule has 4 nitrogen and oxygen atoms in total. The molecule has 0 radical (unpaired) electrons. The van der Waals surface area contributed by atoms with Crippen molar-refractivity contribution in [2.75, 3.05) is 18.4 Å². The van der Waals surface area contributed by atoms with Gasteiger partial charge in [0.25, 0.3) is 0 Å². The molecule has 1 heterocycles. The summed E-state index contributed by atoms with van der Waals surface area (Å²) in [5.41, 5.74) is -0.876. The van der Waals surface area contributed by atoms with Gasteiger partial charge in [0, 0.05) is 19.3 Å². The molecule has 0 spiro atoms. The van der Waals surface area contributed by atoms with Crippen LogP contribution in [0.4, 0.5) is 19.0 Å². The predicted octanol–water partition coefficient (Wildman–Crippen LogP) is 2.77. The first kappa shape index (κ1) is 16.3. The first-order valence-corrected chi connectivity index (χ1v) is 6.38. The van der Waals surface area contributed by atoms with Crippen LogP contribution >= 0.6 is 0 Å². The fraction of sp³-hybridized carbons (Fsp3) is 0.538. The molecule has 0 fully saturated rings. The second-order valence-electron chi connectivity index (χ2n) is 4.27. The smallest absolute Gasteiger partial charge is 0.358 e. The highest BCUT2D eigenvalue weighted by atomic mass is 19.4. The molecular weight excluding hydrogens is 271 g/mol. The Morgan fingerprint density at radius 3 is 2.50 bits per heavy atom. The molecule has 0 aromatic carbocycles. The van der Waals surface area contributed by atoms with Crippen molar-refractivity contribution in [1.29, 1.82) is 0 Å². The van der Waals surface area contributed by atoms with Crippen molar-refractivity contribution in [3.63, 3.8) is 0 Å². The molecule has 1 atom stereocenters. The molecule has 0 saturated carbocycles. The average molecular weight is 289 g/mol. The number of halogens is 3. The van der Waals surface area contributed by atoms with Crippen molar-refractivity contribution >= 4 is 11.7 Å². The quantitative estimate of drug-likeness (QED) is 0.906. The number of likely N-dealkylation sites (N-methyl/N-ethyl adjacent to an activating group) is 1. The molecule has 0 aliphatic heterocycles. The summed E-state index contributed by atoms with van der Waals surface area (Å²) in [5.74, 6) is -0.582. The van der Waals surface area contributed by atoms with Gasteiger partial charge in [0.1, 0.15) is 11.9 Å². The minimum Gasteiger partial charge on any atom is -0.358 e. The molecule has 20 heavy (non-hydrogen) atoms. The second kappa shape index (κ2) is 6.58. The molecular formula is C13H18F3N3O. The highest BCUT2D eigenvalue weighted by Gasteiger charge is 2.34. The van der Waals surface area contributed by atoms with Crippen LogP contribution in [0.1, 0.15) is 26.3 Å². The van der Waals surface area contributed by atoms with Crippen LogP contribution in [-0.4, -0.2) is 34.9 Å². The number of anilines is 1. The third kappa shape index (κ3) is 3.85. The van der Waals surface area contributed by atoms with Crippen LogP contribution in [0.15, 0.2) is 18.3 Å². The largest absolute Gasteiger partial charge is 0.419 e. The van der Waals surface area contributed by atoms with E-state index in [0.717, 1.165) is 6.07 Å². The number of pyridine rings is 1. The summed E-state index contributed by atoms with van der Waals surface area (Å²) < 4.78 is 38.4. The highest BCUT2D eigenvalue weighted by molar-refractivity contribution is 5.84. The van der Waals surface area contributed by atoms with E-state index < -0.39 is 17.8 Å². The standard InChI is InChI=1S/C13H18F3N3O/c1-4-19(5-2)12(20)9(3)18-11-10(13(14,15)16)7-6-8-17-11/h6-9H,4-5H2,1-3H3,(H,17,18). The van der Waals surface area contributed by atoms with Crippen molar-refractivity contribution in [2.24, 2.45) is 0 Å². The number of carbonyl (C=O) groups is 1. The van der Waals surface area contributed by atoms with E-state index in [0.29, 0.717) is 13.1 Å². The molecule has 0 aliphatic carbocycles. The van der Waals surface area contributed by atoms with Gasteiger partial charge in [0.15, 0.2) is 0 Å². The summed E-state index contributed by atoms with van der Waals surface area (Å²) in [6.07, 6.45) is -3.25. The van der Waals surface area contributed by atoms with Crippen molar-refractivity contribution in [1.82, 2.24) is 9.88 Å². The van der Waals surface area contributed by atoms with Crippen LogP contribution in [0, 0.1) is 0 Å². The number of carbonyl (C=O) groups excluding carboxylic acids is 1. The zero-order valence-corrected chi connectivity index (χ0v) is 11.7. The fourth-order valence-corrected chi connectivity index (χ4v) is 1.83. The second-order valence-corrected chi connectivity index (χ2v) is 4.27. The Morgan fingerprint density at radius 2 is 2.00 bits per heavy atom. The van der Waals surface area contributed by atoms with E-state index in [4.69, 9.17) is 0 Å². The van der Waals surface area contributed by atoms with Crippen molar-refractivity contribution in [2.45, 2.75) is 33.0 Å². The molecule has 0 aliphatic rings. The molecule has 1 unspecified atom stereocenters. The van der Waals surface area contributed by atoms with Crippen LogP contribution in [0.25, 0.3) is 0 Å². The Morgan fingerprint density at radius 1 is 1.40 bits per heavy atom. The van der Waals surface area contributed by atoms with Crippen molar-refractivity contribution < 1.29 is 18.0 Å². The van der Waals surface area contributed by atoms with Crippen molar-refractivity contribution in [3.8, 4) is 0 Å². The lowest BCUT2D eigenvalue weighted by Crippen LogP contribution is -2.41. The SMILES string of the molecule is CCN(CC)C(=O)C(C)Nc1ncccc1C(F)(F)F. The first-order valence-electron chi connectivity index (χ1n) is 6.38. The number of nitrogens with one attached hydrogen (secondary N) is 1. The molecule has 1 N–H and O–H groups in total. The predicted molar refractivity (Wildman–Crippen MR) is 70.3 cm³/mol. The minimum atomic E-state index is -4.51. The number of nitrogens with zero attached hydrogens (tertiary/aromatic N) is 2. The maximum atomic E-state index is 12.8. The third-order valence-corrected chi connectivity index (χ3v) is 2.91. The van der Waals surface area contributed by atoms with Gasteiger partial charge < -0.3 is 10.2 Å². The minimum absolute atomic E-state index is 0.256. The molecule has 7 heteroatoms. The van der Waals surface area contributed by atoms with Crippen molar-refractivity contribution in [3.05, 3.63) is 23.9 Å². The molecule has 112 valence electrons. The van der Waals surface area contributed by atoms with Gasteiger partial charge in [-0.05, 0) is 32.9 Å². The molecule has 1 amide bonds. The van der Waals surface area contributed by atoms with E-state index in [9.17, 15) is 18.0 Å². The number of hydrogen-bond acceptors (Lipinski definition) is 3. The number of alkyl halides is 3. The molecule has 0 saturated heterocycles. The Hall–Kier alpha value is -1.79. The number of amides is 1. The zero-order valence-electron chi connectivity index (χ0n) is 11.7. The van der Waals surface area contributed by atoms with Crippen LogP contribution in [0.5, 0.6) is 0 Å². The molecule has 1 aromatic rings. The van der Waals surface area contributed by atoms with Gasteiger partial charge in [-0.2, -0.15) is 13.2 Å². The topological polar surface area (TPSA) is 45.2 Å². The summed E-state index contributed by atoms with van der Waals surface area (Å²) in [6, 6.07) is 1.38. The van der Waals surface area contributed by atoms with Gasteiger partial charge in [-0.3, -0.25) is 4.79 Å². The Labute approximate surface area is 116 Å². The van der Waals surface area contributed by atoms with Crippen LogP contribution < -0.4 is 5.32 Å². The van der Waals surface area contributed by atoms with E-state index in [1.54, 1.807) is 4.90 Å². The Kier molecular flexibility index (Phi) is 5.35. The normalized spacial score (nSPS) is 12.9. The molecule has 1 rings (SSSR count). The van der Waals surface area contributed by atoms with E-state index in [-0.39, 0.29) is 11.7 Å². The Bertz CT molecular complexity index is 458. The van der Waals surface area contributed by atoms with E-state index in [1.165, 1.54) is 19.2 Å². The van der Waals surface area contributed by atoms with Gasteiger partial charge >= 0.3 is 6.18 Å². The fourth-order valence-electron chi connectivity index (χ4n) is 1.83. The van der Waals surface area contributed by atoms with Gasteiger partial charge in [-0.15, -0.1) is 0 Å². The molecule has 1 aromatic heterocycles. The van der Waals surface area contributed by atoms with Crippen LogP contribution in [0.2, 0.25) is 0 Å². The molecule has 0 bridgehead atoms. The number of rotatable bonds is 5. The Balaban J connectivity index is 2.91. The lowest BCUT2D eigenvalue weighted by molar-refractivity contribution is -0.137. The number of hydrogen-bond donors (Lipinski definition) is 1. The van der Waals surface area contributed by atoms with E-state index in [1.807, 2.05) is 13.8 Å². The lowest BCUT2D eigenvalue weighted by Gasteiger charge is -2.24. The summed E-state index contributed by atoms with van der Waals surface area (Å²) in [7, 11) is 0. The van der Waals surface area contributed by atoms with Gasteiger partial charge in [-0.1, -0.05) is 0 Å². The summed E-state index contributed by atoms with van der Waals surface area (Å²) in [5, 5.41) is 2.54. The number of aromatic nitrogens is 1. The summed E-state index contributed by atoms with van der Waals surface area (Å²) >= 11 is 0. The third-order valence-electron chi connectivity index (χ3n) is 2.91. The van der Waals surface area contributed by atoms with Crippen LogP contribution in [0.3, 0.4) is 0 Å². The van der Waals surface area contributed by atoms with Gasteiger partial charge in [0.2, 0.25) is 5.91 Å². The zero-order chi connectivity index (χ0) is 15.3. The highest BCUT2D eigenvalue weighted by Crippen LogP contribution is 2.33. The van der Waals surface area contributed by atoms with Gasteiger partial charge in [0.05, 0.1) is 5.56 Å². The maximum absolute atomic E-state index is 12.8. The average Bonchev–Trinajstić information content (AvgIpc) is 2.39. The van der Waals surface area contributed by atoms with Crippen LogP contribution in [-0.2, 0) is 11.0 Å². The first-order chi connectivity index (χ1) is 9.31. The van der Waals surface area contributed by atoms with E-state index in [2.05, 4.69) is 10.3 Å². The maximum Gasteiger partial charge on any atom is 0.419 e.